The molecule has 1 saturated heterocycles. The predicted octanol–water partition coefficient (Wildman–Crippen LogP) is 4.82. The second-order valence-corrected chi connectivity index (χ2v) is 10.4. The number of carbonyl (C=O) groups is 1. The Kier molecular flexibility index (Phi) is 6.52. The van der Waals surface area contributed by atoms with Crippen LogP contribution >= 0.6 is 11.3 Å². The molecular weight excluding hydrogens is 492 g/mol. The van der Waals surface area contributed by atoms with Crippen molar-refractivity contribution in [2.45, 2.75) is 44.8 Å². The quantitative estimate of drug-likeness (QED) is 0.386. The Morgan fingerprint density at radius 1 is 1.19 bits per heavy atom. The van der Waals surface area contributed by atoms with Crippen LogP contribution in [0, 0.1) is 6.92 Å². The van der Waals surface area contributed by atoms with E-state index in [0.717, 1.165) is 74.6 Å². The average Bonchev–Trinajstić information content (AvgIpc) is 3.54. The zero-order valence-corrected chi connectivity index (χ0v) is 21.6. The summed E-state index contributed by atoms with van der Waals surface area (Å²) in [6, 6.07) is 8.03. The largest absolute Gasteiger partial charge is 0.488 e. The second-order valence-electron chi connectivity index (χ2n) is 9.41. The second kappa shape index (κ2) is 10.1. The first kappa shape index (κ1) is 23.9. The molecule has 0 saturated carbocycles. The number of benzene rings is 2. The van der Waals surface area contributed by atoms with Crippen LogP contribution in [0.4, 0.5) is 4.79 Å². The Morgan fingerprint density at radius 2 is 2.11 bits per heavy atom. The smallest absolute Gasteiger partial charge is 0.407 e. The fourth-order valence-corrected chi connectivity index (χ4v) is 6.00. The normalized spacial score (nSPS) is 19.0. The highest BCUT2D eigenvalue weighted by molar-refractivity contribution is 7.22. The van der Waals surface area contributed by atoms with E-state index in [9.17, 15) is 4.79 Å². The number of thiazole rings is 1. The molecular formula is C27H28N4O5S. The van der Waals surface area contributed by atoms with E-state index in [1.54, 1.807) is 24.6 Å². The lowest BCUT2D eigenvalue weighted by Crippen LogP contribution is -2.36. The average molecular weight is 521 g/mol. The number of methoxy groups -OCH3 is 1. The van der Waals surface area contributed by atoms with Gasteiger partial charge in [0.1, 0.15) is 23.5 Å². The number of carbonyl (C=O) groups excluding carboxylic acids is 1. The van der Waals surface area contributed by atoms with Crippen molar-refractivity contribution in [1.29, 1.82) is 0 Å². The van der Waals surface area contributed by atoms with Crippen LogP contribution in [0.1, 0.15) is 30.4 Å². The number of aryl methyl sites for hydroxylation is 1. The van der Waals surface area contributed by atoms with Crippen LogP contribution in [-0.2, 0) is 15.9 Å². The first-order chi connectivity index (χ1) is 18.1. The number of alkyl carbamates (subject to hydrolysis) is 1. The van der Waals surface area contributed by atoms with E-state index in [2.05, 4.69) is 21.4 Å². The Hall–Kier alpha value is -3.50. The van der Waals surface area contributed by atoms with Gasteiger partial charge in [-0.1, -0.05) is 0 Å². The molecule has 1 fully saturated rings. The lowest BCUT2D eigenvalue weighted by Gasteiger charge is -2.22. The van der Waals surface area contributed by atoms with Crippen LogP contribution < -0.4 is 14.8 Å². The van der Waals surface area contributed by atoms with E-state index < -0.39 is 6.09 Å². The topological polar surface area (TPSA) is 105 Å². The molecule has 1 amide bonds. The Morgan fingerprint density at radius 3 is 2.95 bits per heavy atom. The summed E-state index contributed by atoms with van der Waals surface area (Å²) in [6.07, 6.45) is 4.82. The maximum Gasteiger partial charge on any atom is 0.407 e. The van der Waals surface area contributed by atoms with Crippen LogP contribution in [0.3, 0.4) is 0 Å². The third kappa shape index (κ3) is 4.91. The number of aromatic nitrogens is 3. The lowest BCUT2D eigenvalue weighted by molar-refractivity contribution is -0.0225. The van der Waals surface area contributed by atoms with Crippen LogP contribution in [-0.4, -0.2) is 60.1 Å². The van der Waals surface area contributed by atoms with Crippen LogP contribution in [0.5, 0.6) is 11.6 Å². The number of hydrogen-bond acceptors (Lipinski definition) is 9. The van der Waals surface area contributed by atoms with Gasteiger partial charge in [-0.2, -0.15) is 0 Å². The molecule has 2 aromatic heterocycles. The molecule has 0 radical (unpaired) electrons. The third-order valence-electron chi connectivity index (χ3n) is 6.70. The predicted molar refractivity (Wildman–Crippen MR) is 141 cm³/mol. The van der Waals surface area contributed by atoms with Gasteiger partial charge in [0, 0.05) is 24.2 Å². The van der Waals surface area contributed by atoms with Gasteiger partial charge >= 0.3 is 6.09 Å². The molecule has 2 aliphatic rings. The summed E-state index contributed by atoms with van der Waals surface area (Å²) in [6.45, 7) is 3.42. The van der Waals surface area contributed by atoms with E-state index >= 15 is 0 Å². The first-order valence-electron chi connectivity index (χ1n) is 12.5. The Bertz CT molecular complexity index is 1470. The highest BCUT2D eigenvalue weighted by Gasteiger charge is 2.27. The molecule has 0 aliphatic carbocycles. The summed E-state index contributed by atoms with van der Waals surface area (Å²) in [7, 11) is 1.58. The van der Waals surface area contributed by atoms with Gasteiger partial charge in [0.15, 0.2) is 0 Å². The number of nitrogens with one attached hydrogen (secondary N) is 1. The number of fused-ring (bicyclic) bond motifs is 4. The maximum absolute atomic E-state index is 12.2. The molecule has 192 valence electrons. The van der Waals surface area contributed by atoms with Gasteiger partial charge in [-0.3, -0.25) is 0 Å². The molecule has 2 atom stereocenters. The summed E-state index contributed by atoms with van der Waals surface area (Å²) >= 11 is 1.62. The molecule has 0 bridgehead atoms. The summed E-state index contributed by atoms with van der Waals surface area (Å²) in [5, 5.41) is 3.72. The minimum atomic E-state index is -0.442. The van der Waals surface area contributed by atoms with E-state index in [-0.39, 0.29) is 18.8 Å². The van der Waals surface area contributed by atoms with Gasteiger partial charge in [-0.25, -0.2) is 19.7 Å². The van der Waals surface area contributed by atoms with Crippen molar-refractivity contribution in [1.82, 2.24) is 20.3 Å². The summed E-state index contributed by atoms with van der Waals surface area (Å²) in [4.78, 5) is 26.3. The number of ether oxygens (including phenoxy) is 4. The summed E-state index contributed by atoms with van der Waals surface area (Å²) in [5.41, 5.74) is 5.61. The minimum Gasteiger partial charge on any atom is -0.488 e. The first-order valence-corrected chi connectivity index (χ1v) is 13.3. The molecule has 6 rings (SSSR count). The van der Waals surface area contributed by atoms with Gasteiger partial charge in [0.05, 0.1) is 47.2 Å². The zero-order chi connectivity index (χ0) is 25.4. The van der Waals surface area contributed by atoms with Gasteiger partial charge in [0.25, 0.3) is 0 Å². The fourth-order valence-electron chi connectivity index (χ4n) is 4.87. The van der Waals surface area contributed by atoms with Crippen molar-refractivity contribution in [3.63, 3.8) is 0 Å². The summed E-state index contributed by atoms with van der Waals surface area (Å²) < 4.78 is 23.4. The maximum atomic E-state index is 12.2. The van der Waals surface area contributed by atoms with Gasteiger partial charge in [0.2, 0.25) is 5.88 Å². The highest BCUT2D eigenvalue weighted by atomic mass is 32.1. The lowest BCUT2D eigenvalue weighted by atomic mass is 10.1. The molecule has 1 unspecified atom stereocenters. The van der Waals surface area contributed by atoms with Gasteiger partial charge < -0.3 is 24.3 Å². The molecule has 0 spiro atoms. The number of nitrogens with zero attached hydrogens (tertiary/aromatic N) is 3. The molecule has 2 aromatic carbocycles. The van der Waals surface area contributed by atoms with E-state index in [1.807, 2.05) is 25.1 Å². The van der Waals surface area contributed by atoms with Crippen LogP contribution in [0.15, 0.2) is 30.5 Å². The SMILES string of the molecule is COc1cnc2c(-c3nc4ccc5c(c4s3)C[C@@H](CNC(=O)OCC3CCCCO3)O5)cc(C)cc2n1. The van der Waals surface area contributed by atoms with Crippen molar-refractivity contribution in [2.24, 2.45) is 0 Å². The summed E-state index contributed by atoms with van der Waals surface area (Å²) in [5.74, 6) is 1.31. The molecule has 4 aromatic rings. The highest BCUT2D eigenvalue weighted by Crippen LogP contribution is 2.41. The number of amides is 1. The van der Waals surface area contributed by atoms with Crippen LogP contribution in [0.2, 0.25) is 0 Å². The van der Waals surface area contributed by atoms with E-state index in [4.69, 9.17) is 23.9 Å². The van der Waals surface area contributed by atoms with Crippen molar-refractivity contribution >= 4 is 38.7 Å². The Labute approximate surface area is 218 Å². The van der Waals surface area contributed by atoms with E-state index in [0.29, 0.717) is 18.8 Å². The fraction of sp³-hybridized carbons (Fsp3) is 0.407. The number of rotatable bonds is 6. The van der Waals surface area contributed by atoms with Gasteiger partial charge in [-0.05, 0) is 56.0 Å². The van der Waals surface area contributed by atoms with Crippen molar-refractivity contribution in [2.75, 3.05) is 26.9 Å². The standard InChI is InChI=1S/C27H28N4O5S/c1-15-9-19(24-21(10-15)30-23(33-2)13-28-24)26-31-20-6-7-22-18(25(20)37-26)11-17(36-22)12-29-27(32)35-14-16-5-3-4-8-34-16/h6-7,9-10,13,16-17H,3-5,8,11-12,14H2,1-2H3,(H,29,32)/t16?,17-/m0/s1. The van der Waals surface area contributed by atoms with Gasteiger partial charge in [-0.15, -0.1) is 11.3 Å². The molecule has 10 heteroatoms. The minimum absolute atomic E-state index is 0.00109. The zero-order valence-electron chi connectivity index (χ0n) is 20.8. The van der Waals surface area contributed by atoms with Crippen LogP contribution in [0.25, 0.3) is 31.8 Å². The molecule has 2 aliphatic heterocycles. The molecule has 4 heterocycles. The molecule has 37 heavy (non-hydrogen) atoms. The molecule has 9 nitrogen and oxygen atoms in total. The van der Waals surface area contributed by atoms with Crippen molar-refractivity contribution in [3.05, 3.63) is 41.6 Å². The number of hydrogen-bond donors (Lipinski definition) is 1. The van der Waals surface area contributed by atoms with Crippen molar-refractivity contribution in [3.8, 4) is 22.2 Å². The monoisotopic (exact) mass is 520 g/mol. The third-order valence-corrected chi connectivity index (χ3v) is 7.86. The molecule has 1 N–H and O–H groups in total. The van der Waals surface area contributed by atoms with E-state index in [1.165, 1.54) is 0 Å². The Balaban J connectivity index is 1.18. The van der Waals surface area contributed by atoms with Crippen molar-refractivity contribution < 1.29 is 23.7 Å².